The number of carbonyl (C=O) groups excluding carboxylic acids is 2. The Morgan fingerprint density at radius 2 is 1.82 bits per heavy atom. The summed E-state index contributed by atoms with van der Waals surface area (Å²) < 4.78 is 0. The van der Waals surface area contributed by atoms with E-state index in [2.05, 4.69) is 24.5 Å². The van der Waals surface area contributed by atoms with Gasteiger partial charge in [0.25, 0.3) is 0 Å². The Morgan fingerprint density at radius 1 is 1.14 bits per heavy atom. The van der Waals surface area contributed by atoms with E-state index < -0.39 is 0 Å². The number of carbonyl (C=O) groups is 2. The van der Waals surface area contributed by atoms with Crippen molar-refractivity contribution in [1.82, 2.24) is 15.5 Å². The SMILES string of the molecule is C[C@@H]1[C@H](C)CCC[C@@H]1NC(=O)[C@@H](C)N(C)CC(=O)NC1CC1. The fourth-order valence-corrected chi connectivity index (χ4v) is 3.15. The molecular weight excluding hydrogens is 278 g/mol. The Hall–Kier alpha value is -1.10. The quantitative estimate of drug-likeness (QED) is 0.782. The van der Waals surface area contributed by atoms with E-state index in [-0.39, 0.29) is 30.4 Å². The molecule has 0 unspecified atom stereocenters. The lowest BCUT2D eigenvalue weighted by molar-refractivity contribution is -0.128. The van der Waals surface area contributed by atoms with Gasteiger partial charge in [0.1, 0.15) is 0 Å². The third-order valence-electron chi connectivity index (χ3n) is 5.41. The number of amides is 2. The third kappa shape index (κ3) is 4.70. The first-order valence-electron chi connectivity index (χ1n) is 8.68. The summed E-state index contributed by atoms with van der Waals surface area (Å²) in [4.78, 5) is 26.1. The Balaban J connectivity index is 1.78. The summed E-state index contributed by atoms with van der Waals surface area (Å²) in [6.45, 7) is 6.64. The smallest absolute Gasteiger partial charge is 0.237 e. The van der Waals surface area contributed by atoms with Crippen LogP contribution in [0.3, 0.4) is 0 Å². The molecule has 0 aromatic heterocycles. The van der Waals surface area contributed by atoms with Gasteiger partial charge in [0.2, 0.25) is 11.8 Å². The molecule has 0 heterocycles. The average Bonchev–Trinajstić information content (AvgIpc) is 3.26. The van der Waals surface area contributed by atoms with E-state index >= 15 is 0 Å². The molecule has 2 N–H and O–H groups in total. The second-order valence-electron chi connectivity index (χ2n) is 7.32. The highest BCUT2D eigenvalue weighted by Crippen LogP contribution is 2.29. The van der Waals surface area contributed by atoms with E-state index in [1.54, 1.807) is 0 Å². The molecule has 4 atom stereocenters. The van der Waals surface area contributed by atoms with E-state index in [1.807, 2.05) is 18.9 Å². The van der Waals surface area contributed by atoms with E-state index in [1.165, 1.54) is 12.8 Å². The predicted molar refractivity (Wildman–Crippen MR) is 87.4 cm³/mol. The first kappa shape index (κ1) is 17.3. The highest BCUT2D eigenvalue weighted by Gasteiger charge is 2.30. The molecule has 2 rings (SSSR count). The second-order valence-corrected chi connectivity index (χ2v) is 7.32. The molecule has 2 saturated carbocycles. The van der Waals surface area contributed by atoms with E-state index in [0.29, 0.717) is 17.9 Å². The molecule has 2 aliphatic rings. The Morgan fingerprint density at radius 3 is 2.45 bits per heavy atom. The van der Waals surface area contributed by atoms with Gasteiger partial charge in [-0.25, -0.2) is 0 Å². The minimum Gasteiger partial charge on any atom is -0.352 e. The summed E-state index contributed by atoms with van der Waals surface area (Å²) in [6, 6.07) is 0.358. The molecule has 0 saturated heterocycles. The molecule has 5 nitrogen and oxygen atoms in total. The maximum Gasteiger partial charge on any atom is 0.237 e. The Labute approximate surface area is 134 Å². The van der Waals surface area contributed by atoms with Gasteiger partial charge in [0.15, 0.2) is 0 Å². The van der Waals surface area contributed by atoms with Crippen LogP contribution in [-0.4, -0.2) is 48.4 Å². The average molecular weight is 309 g/mol. The van der Waals surface area contributed by atoms with Gasteiger partial charge in [-0.3, -0.25) is 14.5 Å². The number of likely N-dealkylation sites (N-methyl/N-ethyl adjacent to an activating group) is 1. The van der Waals surface area contributed by atoms with Crippen molar-refractivity contribution in [1.29, 1.82) is 0 Å². The Kier molecular flexibility index (Phi) is 5.84. The molecular formula is C17H31N3O2. The highest BCUT2D eigenvalue weighted by atomic mass is 16.2. The number of nitrogens with one attached hydrogen (secondary N) is 2. The summed E-state index contributed by atoms with van der Waals surface area (Å²) in [5.74, 6) is 1.24. The van der Waals surface area contributed by atoms with Crippen LogP contribution in [0.2, 0.25) is 0 Å². The van der Waals surface area contributed by atoms with Gasteiger partial charge in [-0.1, -0.05) is 26.7 Å². The van der Waals surface area contributed by atoms with Crippen molar-refractivity contribution in [2.24, 2.45) is 11.8 Å². The van der Waals surface area contributed by atoms with Crippen LogP contribution >= 0.6 is 0 Å². The van der Waals surface area contributed by atoms with Crippen LogP contribution in [0.4, 0.5) is 0 Å². The van der Waals surface area contributed by atoms with Gasteiger partial charge >= 0.3 is 0 Å². The molecule has 0 bridgehead atoms. The number of hydrogen-bond donors (Lipinski definition) is 2. The van der Waals surface area contributed by atoms with Gasteiger partial charge in [0.05, 0.1) is 12.6 Å². The molecule has 2 fully saturated rings. The van der Waals surface area contributed by atoms with Crippen LogP contribution in [0, 0.1) is 11.8 Å². The van der Waals surface area contributed by atoms with Gasteiger partial charge in [0, 0.05) is 12.1 Å². The van der Waals surface area contributed by atoms with Crippen molar-refractivity contribution in [3.63, 3.8) is 0 Å². The lowest BCUT2D eigenvalue weighted by Gasteiger charge is -2.36. The first-order valence-corrected chi connectivity index (χ1v) is 8.68. The van der Waals surface area contributed by atoms with Crippen LogP contribution in [0.15, 0.2) is 0 Å². The van der Waals surface area contributed by atoms with E-state index in [4.69, 9.17) is 0 Å². The summed E-state index contributed by atoms with van der Waals surface area (Å²) in [7, 11) is 1.84. The van der Waals surface area contributed by atoms with Gasteiger partial charge < -0.3 is 10.6 Å². The molecule has 0 spiro atoms. The fraction of sp³-hybridized carbons (Fsp3) is 0.882. The van der Waals surface area contributed by atoms with Crippen LogP contribution < -0.4 is 10.6 Å². The topological polar surface area (TPSA) is 61.4 Å². The Bertz CT molecular complexity index is 409. The molecule has 0 aromatic rings. The first-order chi connectivity index (χ1) is 10.4. The molecule has 0 radical (unpaired) electrons. The minimum atomic E-state index is -0.283. The zero-order chi connectivity index (χ0) is 16.3. The second kappa shape index (κ2) is 7.44. The van der Waals surface area contributed by atoms with Crippen LogP contribution in [-0.2, 0) is 9.59 Å². The van der Waals surface area contributed by atoms with Crippen molar-refractivity contribution in [3.05, 3.63) is 0 Å². The third-order valence-corrected chi connectivity index (χ3v) is 5.41. The number of hydrogen-bond acceptors (Lipinski definition) is 3. The number of nitrogens with zero attached hydrogens (tertiary/aromatic N) is 1. The molecule has 2 amide bonds. The molecule has 0 aliphatic heterocycles. The fourth-order valence-electron chi connectivity index (χ4n) is 3.15. The summed E-state index contributed by atoms with van der Waals surface area (Å²) in [6.07, 6.45) is 5.68. The largest absolute Gasteiger partial charge is 0.352 e. The van der Waals surface area contributed by atoms with Crippen molar-refractivity contribution < 1.29 is 9.59 Å². The summed E-state index contributed by atoms with van der Waals surface area (Å²) in [5, 5.41) is 6.15. The lowest BCUT2D eigenvalue weighted by Crippen LogP contribution is -2.52. The monoisotopic (exact) mass is 309 g/mol. The molecule has 126 valence electrons. The molecule has 5 heteroatoms. The van der Waals surface area contributed by atoms with Gasteiger partial charge in [-0.05, 0) is 45.1 Å². The van der Waals surface area contributed by atoms with Crippen molar-refractivity contribution in [2.75, 3.05) is 13.6 Å². The summed E-state index contributed by atoms with van der Waals surface area (Å²) >= 11 is 0. The van der Waals surface area contributed by atoms with Gasteiger partial charge in [-0.15, -0.1) is 0 Å². The zero-order valence-corrected chi connectivity index (χ0v) is 14.4. The lowest BCUT2D eigenvalue weighted by atomic mass is 9.78. The van der Waals surface area contributed by atoms with E-state index in [9.17, 15) is 9.59 Å². The van der Waals surface area contributed by atoms with Crippen LogP contribution in [0.25, 0.3) is 0 Å². The maximum absolute atomic E-state index is 12.4. The zero-order valence-electron chi connectivity index (χ0n) is 14.4. The normalized spacial score (nSPS) is 30.0. The minimum absolute atomic E-state index is 0.0179. The molecule has 22 heavy (non-hydrogen) atoms. The van der Waals surface area contributed by atoms with Crippen molar-refractivity contribution >= 4 is 11.8 Å². The van der Waals surface area contributed by atoms with Crippen molar-refractivity contribution in [2.45, 2.75) is 71.0 Å². The van der Waals surface area contributed by atoms with E-state index in [0.717, 1.165) is 19.3 Å². The number of rotatable bonds is 6. The standard InChI is InChI=1S/C17H31N3O2/c1-11-6-5-7-15(12(11)2)19-17(22)13(3)20(4)10-16(21)18-14-8-9-14/h11-15H,5-10H2,1-4H3,(H,18,21)(H,19,22)/t11-,12-,13-,15+/m1/s1. The maximum atomic E-state index is 12.4. The summed E-state index contributed by atoms with van der Waals surface area (Å²) in [5.41, 5.74) is 0. The van der Waals surface area contributed by atoms with Crippen molar-refractivity contribution in [3.8, 4) is 0 Å². The highest BCUT2D eigenvalue weighted by molar-refractivity contribution is 5.83. The van der Waals surface area contributed by atoms with Crippen LogP contribution in [0.1, 0.15) is 52.9 Å². The van der Waals surface area contributed by atoms with Crippen LogP contribution in [0.5, 0.6) is 0 Å². The molecule has 0 aromatic carbocycles. The molecule has 2 aliphatic carbocycles. The van der Waals surface area contributed by atoms with Gasteiger partial charge in [-0.2, -0.15) is 0 Å². The predicted octanol–water partition coefficient (Wildman–Crippen LogP) is 1.53.